The molecule has 1 aromatic rings. The second-order valence-corrected chi connectivity index (χ2v) is 6.28. The van der Waals surface area contributed by atoms with Gasteiger partial charge in [0.05, 0.1) is 12.1 Å². The van der Waals surface area contributed by atoms with Gasteiger partial charge in [-0.1, -0.05) is 27.7 Å². The van der Waals surface area contributed by atoms with Gasteiger partial charge in [0, 0.05) is 6.07 Å². The van der Waals surface area contributed by atoms with Crippen molar-refractivity contribution in [2.75, 3.05) is 13.2 Å². The highest BCUT2D eigenvalue weighted by Gasteiger charge is 2.27. The second-order valence-electron chi connectivity index (χ2n) is 6.28. The fraction of sp³-hybridized carbons (Fsp3) is 0.667. The Balaban J connectivity index is 1.76. The van der Waals surface area contributed by atoms with E-state index in [2.05, 4.69) is 47.9 Å². The highest BCUT2D eigenvalue weighted by Crippen LogP contribution is 2.19. The lowest BCUT2D eigenvalue weighted by molar-refractivity contribution is 0.291. The van der Waals surface area contributed by atoms with Crippen molar-refractivity contribution in [1.29, 1.82) is 0 Å². The van der Waals surface area contributed by atoms with E-state index < -0.39 is 0 Å². The number of nitrogens with zero attached hydrogens (tertiary/aromatic N) is 3. The fourth-order valence-electron chi connectivity index (χ4n) is 2.29. The summed E-state index contributed by atoms with van der Waals surface area (Å²) in [4.78, 5) is 9.16. The molecule has 1 N–H and O–H groups in total. The Bertz CT molecular complexity index is 525. The summed E-state index contributed by atoms with van der Waals surface area (Å²) in [5, 5.41) is 7.23. The Labute approximate surface area is 124 Å². The Morgan fingerprint density at radius 1 is 1.00 bits per heavy atom. The van der Waals surface area contributed by atoms with Crippen molar-refractivity contribution in [3.05, 3.63) is 17.5 Å². The molecule has 2 aliphatic heterocycles. The van der Waals surface area contributed by atoms with Gasteiger partial charge >= 0.3 is 0 Å². The van der Waals surface area contributed by atoms with Crippen LogP contribution in [-0.4, -0.2) is 47.3 Å². The largest absolute Gasteiger partial charge is 0.474 e. The molecule has 6 heteroatoms. The predicted octanol–water partition coefficient (Wildman–Crippen LogP) is 2.01. The normalized spacial score (nSPS) is 25.0. The first-order valence-electron chi connectivity index (χ1n) is 7.52. The molecule has 6 nitrogen and oxygen atoms in total. The molecular weight excluding hydrogens is 268 g/mol. The molecule has 0 fully saturated rings. The maximum absolute atomic E-state index is 5.65. The first kappa shape index (κ1) is 14.1. The number of aromatic nitrogens is 2. The molecule has 0 amide bonds. The molecule has 0 saturated carbocycles. The molecule has 0 bridgehead atoms. The van der Waals surface area contributed by atoms with Crippen molar-refractivity contribution in [3.8, 4) is 0 Å². The summed E-state index contributed by atoms with van der Waals surface area (Å²) >= 11 is 0. The molecule has 3 rings (SSSR count). The topological polar surface area (TPSA) is 71.9 Å². The number of aromatic amines is 1. The summed E-state index contributed by atoms with van der Waals surface area (Å²) in [6, 6.07) is 2.32. The molecule has 0 aromatic carbocycles. The molecule has 0 radical (unpaired) electrons. The van der Waals surface area contributed by atoms with Crippen molar-refractivity contribution in [2.24, 2.45) is 21.8 Å². The zero-order valence-corrected chi connectivity index (χ0v) is 13.0. The van der Waals surface area contributed by atoms with Gasteiger partial charge in [0.2, 0.25) is 11.8 Å². The summed E-state index contributed by atoms with van der Waals surface area (Å²) in [7, 11) is 0. The zero-order chi connectivity index (χ0) is 15.0. The maximum Gasteiger partial charge on any atom is 0.237 e. The van der Waals surface area contributed by atoms with E-state index in [0.29, 0.717) is 42.5 Å². The van der Waals surface area contributed by atoms with Gasteiger partial charge in [0.1, 0.15) is 24.6 Å². The molecule has 3 heterocycles. The molecule has 2 aliphatic rings. The van der Waals surface area contributed by atoms with E-state index >= 15 is 0 Å². The van der Waals surface area contributed by atoms with Crippen molar-refractivity contribution in [1.82, 2.24) is 10.2 Å². The van der Waals surface area contributed by atoms with Crippen LogP contribution in [-0.2, 0) is 9.47 Å². The average Bonchev–Trinajstić information content (AvgIpc) is 3.18. The van der Waals surface area contributed by atoms with Gasteiger partial charge in [-0.2, -0.15) is 5.10 Å². The maximum atomic E-state index is 5.65. The van der Waals surface area contributed by atoms with Gasteiger partial charge in [-0.25, -0.2) is 9.98 Å². The van der Waals surface area contributed by atoms with Crippen LogP contribution in [0.5, 0.6) is 0 Å². The Kier molecular flexibility index (Phi) is 3.69. The second kappa shape index (κ2) is 5.50. The highest BCUT2D eigenvalue weighted by atomic mass is 16.5. The minimum Gasteiger partial charge on any atom is -0.474 e. The first-order chi connectivity index (χ1) is 10.0. The Hall–Kier alpha value is -1.85. The Morgan fingerprint density at radius 2 is 1.57 bits per heavy atom. The number of nitrogens with one attached hydrogen (secondary N) is 1. The molecule has 0 spiro atoms. The predicted molar refractivity (Wildman–Crippen MR) is 80.8 cm³/mol. The number of ether oxygens (including phenoxy) is 2. The third-order valence-corrected chi connectivity index (χ3v) is 3.91. The summed E-state index contributed by atoms with van der Waals surface area (Å²) < 4.78 is 11.3. The lowest BCUT2D eigenvalue weighted by atomic mass is 10.1. The van der Waals surface area contributed by atoms with Crippen LogP contribution in [0.4, 0.5) is 0 Å². The number of H-pyrrole nitrogens is 1. The quantitative estimate of drug-likeness (QED) is 0.922. The molecule has 1 aromatic heterocycles. The van der Waals surface area contributed by atoms with Gasteiger partial charge in [-0.15, -0.1) is 0 Å². The van der Waals surface area contributed by atoms with Gasteiger partial charge in [0.15, 0.2) is 0 Å². The van der Waals surface area contributed by atoms with Crippen LogP contribution in [0.15, 0.2) is 16.1 Å². The number of aliphatic imine (C=N–C) groups is 2. The van der Waals surface area contributed by atoms with Crippen LogP contribution in [0, 0.1) is 11.8 Å². The fourth-order valence-corrected chi connectivity index (χ4v) is 2.29. The van der Waals surface area contributed by atoms with Crippen molar-refractivity contribution < 1.29 is 9.47 Å². The molecule has 0 aliphatic carbocycles. The van der Waals surface area contributed by atoms with E-state index in [0.717, 1.165) is 5.69 Å². The van der Waals surface area contributed by atoms with Crippen molar-refractivity contribution >= 4 is 11.8 Å². The van der Waals surface area contributed by atoms with E-state index in [1.165, 1.54) is 0 Å². The molecule has 0 saturated heterocycles. The third kappa shape index (κ3) is 2.80. The molecule has 0 unspecified atom stereocenters. The summed E-state index contributed by atoms with van der Waals surface area (Å²) in [5.74, 6) is 2.18. The monoisotopic (exact) mass is 290 g/mol. The number of hydrogen-bond acceptors (Lipinski definition) is 5. The summed E-state index contributed by atoms with van der Waals surface area (Å²) in [5.41, 5.74) is 1.50. The van der Waals surface area contributed by atoms with E-state index in [1.54, 1.807) is 0 Å². The smallest absolute Gasteiger partial charge is 0.237 e. The van der Waals surface area contributed by atoms with Crippen LogP contribution in [0.2, 0.25) is 0 Å². The van der Waals surface area contributed by atoms with Gasteiger partial charge in [-0.3, -0.25) is 5.10 Å². The van der Waals surface area contributed by atoms with Crippen LogP contribution in [0.25, 0.3) is 0 Å². The van der Waals surface area contributed by atoms with E-state index in [9.17, 15) is 0 Å². The Morgan fingerprint density at radius 3 is 2.14 bits per heavy atom. The molecular formula is C15H22N4O2. The SMILES string of the molecule is CC(C)[C@H]1COC(c2cc(C3=N[C@@H](C(C)C)CO3)[nH]n2)=N1. The molecule has 114 valence electrons. The lowest BCUT2D eigenvalue weighted by Gasteiger charge is -2.06. The number of hydrogen-bond donors (Lipinski definition) is 1. The first-order valence-corrected chi connectivity index (χ1v) is 7.52. The number of rotatable bonds is 4. The standard InChI is InChI=1S/C15H22N4O2/c1-8(2)12-6-20-14(16-12)10-5-11(19-18-10)15-17-13(7-21-15)9(3)4/h5,8-9,12-13H,6-7H2,1-4H3,(H,18,19)/t12-,13-/m1/s1. The minimum atomic E-state index is 0.213. The average molecular weight is 290 g/mol. The van der Waals surface area contributed by atoms with Gasteiger partial charge in [-0.05, 0) is 11.8 Å². The van der Waals surface area contributed by atoms with Gasteiger partial charge in [0.25, 0.3) is 0 Å². The zero-order valence-electron chi connectivity index (χ0n) is 13.0. The van der Waals surface area contributed by atoms with Crippen LogP contribution >= 0.6 is 0 Å². The lowest BCUT2D eigenvalue weighted by Crippen LogP contribution is -2.13. The molecule has 2 atom stereocenters. The van der Waals surface area contributed by atoms with Crippen LogP contribution in [0.3, 0.4) is 0 Å². The highest BCUT2D eigenvalue weighted by molar-refractivity contribution is 5.98. The third-order valence-electron chi connectivity index (χ3n) is 3.91. The summed E-state index contributed by atoms with van der Waals surface area (Å²) in [6.07, 6.45) is 0. The van der Waals surface area contributed by atoms with Crippen LogP contribution in [0.1, 0.15) is 39.1 Å². The minimum absolute atomic E-state index is 0.213. The van der Waals surface area contributed by atoms with Crippen LogP contribution < -0.4 is 0 Å². The van der Waals surface area contributed by atoms with E-state index in [-0.39, 0.29) is 12.1 Å². The van der Waals surface area contributed by atoms with E-state index in [4.69, 9.17) is 9.47 Å². The molecule has 21 heavy (non-hydrogen) atoms. The summed E-state index contributed by atoms with van der Waals surface area (Å²) in [6.45, 7) is 9.83. The van der Waals surface area contributed by atoms with Gasteiger partial charge < -0.3 is 9.47 Å². The van der Waals surface area contributed by atoms with E-state index in [1.807, 2.05) is 6.07 Å². The van der Waals surface area contributed by atoms with Crippen molar-refractivity contribution in [3.63, 3.8) is 0 Å². The van der Waals surface area contributed by atoms with Crippen molar-refractivity contribution in [2.45, 2.75) is 39.8 Å².